The molecule has 4 aliphatic carbocycles. The first kappa shape index (κ1) is 12.3. The molecule has 0 N–H and O–H groups in total. The molecule has 2 nitrogen and oxygen atoms in total. The molecule has 1 aromatic heterocycles. The molecule has 4 aliphatic rings. The number of rotatable bonds is 0. The molecule has 0 amide bonds. The maximum atomic E-state index is 12.3. The fourth-order valence-corrected chi connectivity index (χ4v) is 6.42. The van der Waals surface area contributed by atoms with Gasteiger partial charge in [-0.1, -0.05) is 13.0 Å². The van der Waals surface area contributed by atoms with E-state index in [2.05, 4.69) is 25.1 Å². The summed E-state index contributed by atoms with van der Waals surface area (Å²) in [5.74, 6) is 3.26. The second-order valence-corrected chi connectivity index (χ2v) is 8.07. The van der Waals surface area contributed by atoms with E-state index in [1.807, 2.05) is 6.26 Å². The van der Waals surface area contributed by atoms with E-state index in [9.17, 15) is 4.79 Å². The first-order valence-electron chi connectivity index (χ1n) is 8.42. The van der Waals surface area contributed by atoms with Crippen LogP contribution in [-0.4, -0.2) is 5.78 Å². The molecule has 21 heavy (non-hydrogen) atoms. The number of carbonyl (C=O) groups excluding carboxylic acids is 1. The van der Waals surface area contributed by atoms with Gasteiger partial charge in [-0.15, -0.1) is 0 Å². The zero-order chi connectivity index (χ0) is 14.2. The Balaban J connectivity index is 1.63. The van der Waals surface area contributed by atoms with Gasteiger partial charge in [-0.2, -0.15) is 0 Å². The van der Waals surface area contributed by atoms with Gasteiger partial charge in [0, 0.05) is 17.9 Å². The molecule has 1 heterocycles. The number of allylic oxidation sites excluding steroid dienone is 1. The van der Waals surface area contributed by atoms with Crippen LogP contribution in [0.1, 0.15) is 62.7 Å². The molecule has 1 aromatic rings. The molecule has 2 bridgehead atoms. The third-order valence-electron chi connectivity index (χ3n) is 7.31. The Kier molecular flexibility index (Phi) is 2.17. The first-order chi connectivity index (χ1) is 10.1. The number of Topliss-reactive ketones (excluding diaryl/α,β-unsaturated/α-hetero) is 1. The average molecular weight is 282 g/mol. The van der Waals surface area contributed by atoms with Crippen LogP contribution in [-0.2, 0) is 4.79 Å². The van der Waals surface area contributed by atoms with Gasteiger partial charge in [-0.05, 0) is 66.9 Å². The smallest absolute Gasteiger partial charge is 0.136 e. The third-order valence-corrected chi connectivity index (χ3v) is 7.31. The van der Waals surface area contributed by atoms with Crippen molar-refractivity contribution in [2.75, 3.05) is 0 Å². The largest absolute Gasteiger partial charge is 0.465 e. The summed E-state index contributed by atoms with van der Waals surface area (Å²) in [5.41, 5.74) is 1.93. The van der Waals surface area contributed by atoms with E-state index < -0.39 is 0 Å². The van der Waals surface area contributed by atoms with Gasteiger partial charge in [-0.3, -0.25) is 4.79 Å². The monoisotopic (exact) mass is 282 g/mol. The lowest BCUT2D eigenvalue weighted by Crippen LogP contribution is -2.49. The molecule has 0 aliphatic heterocycles. The van der Waals surface area contributed by atoms with E-state index in [1.54, 1.807) is 0 Å². The highest BCUT2D eigenvalue weighted by molar-refractivity contribution is 5.84. The molecule has 0 radical (unpaired) electrons. The number of hydrogen-bond acceptors (Lipinski definition) is 2. The quantitative estimate of drug-likeness (QED) is 0.698. The second kappa shape index (κ2) is 3.71. The number of carbonyl (C=O) groups is 1. The van der Waals surface area contributed by atoms with Gasteiger partial charge in [-0.25, -0.2) is 0 Å². The molecule has 110 valence electrons. The van der Waals surface area contributed by atoms with Crippen molar-refractivity contribution >= 4 is 11.9 Å². The van der Waals surface area contributed by atoms with Crippen molar-refractivity contribution in [3.05, 3.63) is 29.7 Å². The Hall–Kier alpha value is -1.31. The number of ketones is 1. The van der Waals surface area contributed by atoms with Gasteiger partial charge in [0.05, 0.1) is 6.26 Å². The maximum absolute atomic E-state index is 12.3. The molecule has 3 fully saturated rings. The predicted molar refractivity (Wildman–Crippen MR) is 80.7 cm³/mol. The normalized spacial score (nSPS) is 46.9. The van der Waals surface area contributed by atoms with Crippen molar-refractivity contribution in [2.24, 2.45) is 22.7 Å². The summed E-state index contributed by atoms with van der Waals surface area (Å²) in [6, 6.07) is 2.17. The standard InChI is InChI=1S/C19H22O2/c1-18-7-5-16-13(6-9-21-16)14(18)4-8-19-10-12(15(20)11-19)2-3-17(18)19/h5-7,9,12,14,17H,2-4,8,10-11H2,1H3/t12-,14-,17+,18-,19+/m1/s1. The summed E-state index contributed by atoms with van der Waals surface area (Å²) < 4.78 is 5.62. The van der Waals surface area contributed by atoms with Crippen LogP contribution in [0, 0.1) is 22.7 Å². The van der Waals surface area contributed by atoms with Crippen LogP contribution in [0.4, 0.5) is 0 Å². The Bertz CT molecular complexity index is 654. The van der Waals surface area contributed by atoms with E-state index in [1.165, 1.54) is 31.2 Å². The van der Waals surface area contributed by atoms with Crippen molar-refractivity contribution < 1.29 is 9.21 Å². The third kappa shape index (κ3) is 1.37. The number of hydrogen-bond donors (Lipinski definition) is 0. The van der Waals surface area contributed by atoms with E-state index in [0.29, 0.717) is 29.0 Å². The van der Waals surface area contributed by atoms with Crippen molar-refractivity contribution in [1.29, 1.82) is 0 Å². The molecule has 0 saturated heterocycles. The molecule has 2 heteroatoms. The Morgan fingerprint density at radius 2 is 2.19 bits per heavy atom. The summed E-state index contributed by atoms with van der Waals surface area (Å²) >= 11 is 0. The summed E-state index contributed by atoms with van der Waals surface area (Å²) in [4.78, 5) is 12.3. The van der Waals surface area contributed by atoms with E-state index in [0.717, 1.165) is 18.6 Å². The average Bonchev–Trinajstić information content (AvgIpc) is 3.02. The van der Waals surface area contributed by atoms with Gasteiger partial charge < -0.3 is 4.42 Å². The summed E-state index contributed by atoms with van der Waals surface area (Å²) in [7, 11) is 0. The Morgan fingerprint density at radius 1 is 1.29 bits per heavy atom. The molecule has 5 rings (SSSR count). The lowest BCUT2D eigenvalue weighted by atomic mass is 9.46. The Morgan fingerprint density at radius 3 is 3.10 bits per heavy atom. The first-order valence-corrected chi connectivity index (χ1v) is 8.42. The van der Waals surface area contributed by atoms with Crippen molar-refractivity contribution in [2.45, 2.75) is 51.4 Å². The van der Waals surface area contributed by atoms with Gasteiger partial charge in [0.2, 0.25) is 0 Å². The van der Waals surface area contributed by atoms with Gasteiger partial charge in [0.1, 0.15) is 11.5 Å². The molecule has 1 spiro atoms. The number of fused-ring (bicyclic) bond motifs is 5. The zero-order valence-electron chi connectivity index (χ0n) is 12.6. The van der Waals surface area contributed by atoms with Gasteiger partial charge in [0.15, 0.2) is 0 Å². The van der Waals surface area contributed by atoms with Crippen LogP contribution in [0.25, 0.3) is 6.08 Å². The minimum absolute atomic E-state index is 0.213. The minimum Gasteiger partial charge on any atom is -0.465 e. The SMILES string of the molecule is C[C@@]12C=Cc3occc3[C@H]1CC[C@]13CC(=O)[C@H](CC[C@H]12)C3. The highest BCUT2D eigenvalue weighted by Gasteiger charge is 2.61. The molecule has 5 atom stereocenters. The summed E-state index contributed by atoms with van der Waals surface area (Å²) in [6.07, 6.45) is 13.3. The highest BCUT2D eigenvalue weighted by Crippen LogP contribution is 2.68. The van der Waals surface area contributed by atoms with Crippen LogP contribution < -0.4 is 0 Å². The highest BCUT2D eigenvalue weighted by atomic mass is 16.3. The lowest BCUT2D eigenvalue weighted by molar-refractivity contribution is -0.120. The van der Waals surface area contributed by atoms with E-state index in [-0.39, 0.29) is 5.41 Å². The molecule has 3 saturated carbocycles. The van der Waals surface area contributed by atoms with E-state index in [4.69, 9.17) is 4.42 Å². The maximum Gasteiger partial charge on any atom is 0.136 e. The topological polar surface area (TPSA) is 30.2 Å². The van der Waals surface area contributed by atoms with Crippen LogP contribution in [0.15, 0.2) is 22.8 Å². The van der Waals surface area contributed by atoms with E-state index >= 15 is 0 Å². The van der Waals surface area contributed by atoms with Crippen molar-refractivity contribution in [3.63, 3.8) is 0 Å². The summed E-state index contributed by atoms with van der Waals surface area (Å²) in [6.45, 7) is 2.44. The summed E-state index contributed by atoms with van der Waals surface area (Å²) in [5, 5.41) is 0. The minimum atomic E-state index is 0.213. The molecule has 0 aromatic carbocycles. The molecular formula is C19H22O2. The van der Waals surface area contributed by atoms with Crippen LogP contribution in [0.5, 0.6) is 0 Å². The van der Waals surface area contributed by atoms with Crippen molar-refractivity contribution in [1.82, 2.24) is 0 Å². The number of furan rings is 1. The predicted octanol–water partition coefficient (Wildman–Crippen LogP) is 4.57. The fraction of sp³-hybridized carbons (Fsp3) is 0.632. The van der Waals surface area contributed by atoms with Crippen LogP contribution in [0.3, 0.4) is 0 Å². The van der Waals surface area contributed by atoms with Gasteiger partial charge in [0.25, 0.3) is 0 Å². The lowest BCUT2D eigenvalue weighted by Gasteiger charge is -2.57. The molecule has 0 unspecified atom stereocenters. The fourth-order valence-electron chi connectivity index (χ4n) is 6.42. The zero-order valence-corrected chi connectivity index (χ0v) is 12.6. The van der Waals surface area contributed by atoms with Crippen LogP contribution in [0.2, 0.25) is 0 Å². The van der Waals surface area contributed by atoms with Gasteiger partial charge >= 0.3 is 0 Å². The molecular weight excluding hydrogens is 260 g/mol. The van der Waals surface area contributed by atoms with Crippen LogP contribution >= 0.6 is 0 Å². The van der Waals surface area contributed by atoms with Crippen molar-refractivity contribution in [3.8, 4) is 0 Å². The Labute approximate surface area is 125 Å². The second-order valence-electron chi connectivity index (χ2n) is 8.07.